The fourth-order valence-corrected chi connectivity index (χ4v) is 3.95. The van der Waals surface area contributed by atoms with E-state index in [2.05, 4.69) is 4.98 Å². The molecule has 1 N–H and O–H groups in total. The summed E-state index contributed by atoms with van der Waals surface area (Å²) in [6.45, 7) is 2.37. The number of hydrogen-bond donors (Lipinski definition) is 1. The maximum Gasteiger partial charge on any atom is 0.308 e. The molecule has 6 nitrogen and oxygen atoms in total. The number of carboxylic acid groups (broad SMARTS) is 1. The van der Waals surface area contributed by atoms with Crippen LogP contribution in [0.2, 0.25) is 0 Å². The van der Waals surface area contributed by atoms with Crippen molar-refractivity contribution in [3.8, 4) is 16.3 Å². The fourth-order valence-electron chi connectivity index (χ4n) is 3.15. The van der Waals surface area contributed by atoms with Crippen LogP contribution in [0.1, 0.15) is 30.3 Å². The number of likely N-dealkylation sites (tertiary alicyclic amines) is 1. The van der Waals surface area contributed by atoms with Crippen LogP contribution in [0, 0.1) is 5.92 Å². The Morgan fingerprint density at radius 1 is 1.32 bits per heavy atom. The number of carbonyl (C=O) groups is 2. The van der Waals surface area contributed by atoms with Crippen LogP contribution in [-0.4, -0.2) is 46.6 Å². The fraction of sp³-hybridized carbons (Fsp3) is 0.389. The summed E-state index contributed by atoms with van der Waals surface area (Å²) in [5.74, 6) is -0.799. The minimum Gasteiger partial charge on any atom is -0.497 e. The molecule has 2 atom stereocenters. The maximum absolute atomic E-state index is 12.8. The molecule has 1 aliphatic rings. The average Bonchev–Trinajstić information content (AvgIpc) is 3.11. The molecule has 0 saturated carbocycles. The van der Waals surface area contributed by atoms with E-state index in [4.69, 9.17) is 4.74 Å². The number of aliphatic carboxylic acids is 1. The first-order chi connectivity index (χ1) is 12.0. The van der Waals surface area contributed by atoms with Crippen molar-refractivity contribution < 1.29 is 19.4 Å². The Morgan fingerprint density at radius 3 is 2.68 bits per heavy atom. The summed E-state index contributed by atoms with van der Waals surface area (Å²) in [7, 11) is 1.61. The molecule has 2 aromatic rings. The van der Waals surface area contributed by atoms with Crippen LogP contribution in [0.15, 0.2) is 29.6 Å². The van der Waals surface area contributed by atoms with Crippen molar-refractivity contribution in [2.75, 3.05) is 13.7 Å². The SMILES string of the molecule is COc1ccc(-c2nc(C(=O)N3CCC[C@H](C(=O)O)[C@@H]3C)cs2)cc1. The van der Waals surface area contributed by atoms with Crippen LogP contribution >= 0.6 is 11.3 Å². The number of thiazole rings is 1. The van der Waals surface area contributed by atoms with E-state index in [1.807, 2.05) is 24.3 Å². The van der Waals surface area contributed by atoms with E-state index < -0.39 is 11.9 Å². The summed E-state index contributed by atoms with van der Waals surface area (Å²) < 4.78 is 5.14. The van der Waals surface area contributed by atoms with Gasteiger partial charge in [0.05, 0.1) is 13.0 Å². The third-order valence-corrected chi connectivity index (χ3v) is 5.52. The van der Waals surface area contributed by atoms with Crippen LogP contribution in [0.5, 0.6) is 5.75 Å². The predicted octanol–water partition coefficient (Wildman–Crippen LogP) is 3.14. The van der Waals surface area contributed by atoms with E-state index >= 15 is 0 Å². The van der Waals surface area contributed by atoms with E-state index in [9.17, 15) is 14.7 Å². The number of aromatic nitrogens is 1. The first-order valence-electron chi connectivity index (χ1n) is 8.15. The number of hydrogen-bond acceptors (Lipinski definition) is 5. The molecule has 1 fully saturated rings. The van der Waals surface area contributed by atoms with E-state index in [1.54, 1.807) is 24.3 Å². The number of methoxy groups -OCH3 is 1. The van der Waals surface area contributed by atoms with Gasteiger partial charge in [-0.1, -0.05) is 0 Å². The highest BCUT2D eigenvalue weighted by molar-refractivity contribution is 7.13. The second-order valence-corrected chi connectivity index (χ2v) is 6.95. The average molecular weight is 360 g/mol. The normalized spacial score (nSPS) is 20.3. The van der Waals surface area contributed by atoms with Gasteiger partial charge in [-0.05, 0) is 44.0 Å². The van der Waals surface area contributed by atoms with Crippen LogP contribution in [0.3, 0.4) is 0 Å². The van der Waals surface area contributed by atoms with Gasteiger partial charge in [-0.2, -0.15) is 0 Å². The number of piperidine rings is 1. The van der Waals surface area contributed by atoms with Crippen molar-refractivity contribution >= 4 is 23.2 Å². The highest BCUT2D eigenvalue weighted by Crippen LogP contribution is 2.29. The monoisotopic (exact) mass is 360 g/mol. The van der Waals surface area contributed by atoms with Gasteiger partial charge in [0.2, 0.25) is 0 Å². The van der Waals surface area contributed by atoms with Crippen molar-refractivity contribution in [1.29, 1.82) is 0 Å². The van der Waals surface area contributed by atoms with E-state index in [-0.39, 0.29) is 11.9 Å². The number of carboxylic acids is 1. The molecule has 0 spiro atoms. The largest absolute Gasteiger partial charge is 0.497 e. The standard InChI is InChI=1S/C18H20N2O4S/c1-11-14(18(22)23)4-3-9-20(11)17(21)15-10-25-16(19-15)12-5-7-13(24-2)8-6-12/h5-8,10-11,14H,3-4,9H2,1-2H3,(H,22,23)/t11-,14-/m0/s1. The molecule has 25 heavy (non-hydrogen) atoms. The van der Waals surface area contributed by atoms with Crippen molar-refractivity contribution in [3.63, 3.8) is 0 Å². The highest BCUT2D eigenvalue weighted by atomic mass is 32.1. The van der Waals surface area contributed by atoms with Crippen LogP contribution in [0.4, 0.5) is 0 Å². The smallest absolute Gasteiger partial charge is 0.308 e. The van der Waals surface area contributed by atoms with Crippen molar-refractivity contribution in [2.24, 2.45) is 5.92 Å². The zero-order valence-corrected chi connectivity index (χ0v) is 15.0. The molecule has 2 heterocycles. The molecule has 3 rings (SSSR count). The van der Waals surface area contributed by atoms with Crippen LogP contribution < -0.4 is 4.74 Å². The molecular weight excluding hydrogens is 340 g/mol. The lowest BCUT2D eigenvalue weighted by molar-refractivity contribution is -0.144. The Balaban J connectivity index is 1.79. The lowest BCUT2D eigenvalue weighted by Gasteiger charge is -2.37. The first kappa shape index (κ1) is 17.4. The third-order valence-electron chi connectivity index (χ3n) is 4.63. The number of rotatable bonds is 4. The van der Waals surface area contributed by atoms with Gasteiger partial charge in [-0.3, -0.25) is 9.59 Å². The first-order valence-corrected chi connectivity index (χ1v) is 9.03. The summed E-state index contributed by atoms with van der Waals surface area (Å²) in [6.07, 6.45) is 1.30. The van der Waals surface area contributed by atoms with Gasteiger partial charge >= 0.3 is 5.97 Å². The third kappa shape index (κ3) is 3.51. The van der Waals surface area contributed by atoms with Crippen molar-refractivity contribution in [3.05, 3.63) is 35.3 Å². The molecule has 7 heteroatoms. The summed E-state index contributed by atoms with van der Waals surface area (Å²) in [6, 6.07) is 7.17. The zero-order chi connectivity index (χ0) is 18.0. The van der Waals surface area contributed by atoms with Crippen LogP contribution in [-0.2, 0) is 4.79 Å². The molecule has 0 unspecified atom stereocenters. The molecule has 1 aromatic carbocycles. The van der Waals surface area contributed by atoms with Gasteiger partial charge in [0.25, 0.3) is 5.91 Å². The Hall–Kier alpha value is -2.41. The second kappa shape index (κ2) is 7.23. The minimum atomic E-state index is -0.845. The highest BCUT2D eigenvalue weighted by Gasteiger charge is 2.36. The summed E-state index contributed by atoms with van der Waals surface area (Å²) in [5.41, 5.74) is 1.29. The zero-order valence-electron chi connectivity index (χ0n) is 14.1. The minimum absolute atomic E-state index is 0.200. The van der Waals surface area contributed by atoms with Gasteiger partial charge in [-0.25, -0.2) is 4.98 Å². The second-order valence-electron chi connectivity index (χ2n) is 6.09. The van der Waals surface area contributed by atoms with Gasteiger partial charge in [0, 0.05) is 23.5 Å². The van der Waals surface area contributed by atoms with Crippen molar-refractivity contribution in [1.82, 2.24) is 9.88 Å². The molecule has 1 saturated heterocycles. The summed E-state index contributed by atoms with van der Waals surface area (Å²) in [5, 5.41) is 11.8. The number of amides is 1. The van der Waals surface area contributed by atoms with Crippen molar-refractivity contribution in [2.45, 2.75) is 25.8 Å². The number of carbonyl (C=O) groups excluding carboxylic acids is 1. The molecule has 0 bridgehead atoms. The molecule has 1 amide bonds. The predicted molar refractivity (Wildman–Crippen MR) is 95.0 cm³/mol. The summed E-state index contributed by atoms with van der Waals surface area (Å²) in [4.78, 5) is 30.2. The van der Waals surface area contributed by atoms with Gasteiger partial charge < -0.3 is 14.7 Å². The number of ether oxygens (including phenoxy) is 1. The molecular formula is C18H20N2O4S. The van der Waals surface area contributed by atoms with E-state index in [0.29, 0.717) is 25.1 Å². The maximum atomic E-state index is 12.8. The lowest BCUT2D eigenvalue weighted by atomic mass is 9.90. The number of nitrogens with zero attached hydrogens (tertiary/aromatic N) is 2. The molecule has 132 valence electrons. The van der Waals surface area contributed by atoms with E-state index in [0.717, 1.165) is 16.3 Å². The quantitative estimate of drug-likeness (QED) is 0.906. The van der Waals surface area contributed by atoms with Gasteiger partial charge in [0.1, 0.15) is 16.5 Å². The van der Waals surface area contributed by atoms with Gasteiger partial charge in [-0.15, -0.1) is 11.3 Å². The van der Waals surface area contributed by atoms with Crippen LogP contribution in [0.25, 0.3) is 10.6 Å². The Morgan fingerprint density at radius 2 is 2.04 bits per heavy atom. The molecule has 1 aliphatic heterocycles. The summed E-state index contributed by atoms with van der Waals surface area (Å²) >= 11 is 1.40. The Kier molecular flexibility index (Phi) is 5.03. The molecule has 0 aliphatic carbocycles. The molecule has 0 radical (unpaired) electrons. The topological polar surface area (TPSA) is 79.7 Å². The Bertz CT molecular complexity index is 772. The Labute approximate surface area is 150 Å². The van der Waals surface area contributed by atoms with Gasteiger partial charge in [0.15, 0.2) is 0 Å². The van der Waals surface area contributed by atoms with E-state index in [1.165, 1.54) is 11.3 Å². The lowest BCUT2D eigenvalue weighted by Crippen LogP contribution is -2.49. The number of benzene rings is 1. The molecule has 1 aromatic heterocycles.